The largest absolute Gasteiger partial charge is 0.514 e. The Hall–Kier alpha value is -5.12. The van der Waals surface area contributed by atoms with Gasteiger partial charge < -0.3 is 34.3 Å². The molecule has 0 unspecified atom stereocenters. The zero-order valence-electron chi connectivity index (χ0n) is 41.6. The van der Waals surface area contributed by atoms with Gasteiger partial charge in [0.25, 0.3) is 0 Å². The Labute approximate surface area is 411 Å². The fourth-order valence-corrected chi connectivity index (χ4v) is 4.19. The van der Waals surface area contributed by atoms with Gasteiger partial charge in [-0.2, -0.15) is 0 Å². The van der Waals surface area contributed by atoms with Crippen LogP contribution in [0.1, 0.15) is 135 Å². The van der Waals surface area contributed by atoms with Crippen LogP contribution in [-0.4, -0.2) is 73.9 Å². The molecular weight excluding hydrogens is 889 g/mol. The molecule has 1 radical (unpaired) electrons. The average molecular weight is 968 g/mol. The monoisotopic (exact) mass is 967 g/mol. The van der Waals surface area contributed by atoms with Gasteiger partial charge in [0.05, 0.1) is 20.3 Å². The van der Waals surface area contributed by atoms with Crippen molar-refractivity contribution in [3.05, 3.63) is 120 Å². The molecular formula is C52H78O11Y. The summed E-state index contributed by atoms with van der Waals surface area (Å²) in [5.41, 5.74) is 6.38. The van der Waals surface area contributed by atoms with Gasteiger partial charge in [0.1, 0.15) is 41.9 Å². The number of aliphatic hydroxyl groups excluding tert-OH is 2. The Morgan fingerprint density at radius 2 is 0.984 bits per heavy atom. The van der Waals surface area contributed by atoms with E-state index in [-0.39, 0.29) is 50.7 Å². The molecule has 4 aromatic rings. The molecule has 0 saturated carbocycles. The van der Waals surface area contributed by atoms with Gasteiger partial charge in [-0.3, -0.25) is 14.4 Å². The van der Waals surface area contributed by atoms with Crippen LogP contribution in [0.15, 0.2) is 97.6 Å². The first-order chi connectivity index (χ1) is 30.2. The molecule has 0 aromatic heterocycles. The predicted molar refractivity (Wildman–Crippen MR) is 262 cm³/mol. The molecule has 4 aromatic carbocycles. The van der Waals surface area contributed by atoms with E-state index in [0.29, 0.717) is 29.1 Å². The molecule has 0 atom stereocenters. The van der Waals surface area contributed by atoms with E-state index in [0.717, 1.165) is 31.2 Å². The topological polar surface area (TPSA) is 166 Å². The maximum atomic E-state index is 11.1. The maximum Gasteiger partial charge on any atom is 0.514 e. The van der Waals surface area contributed by atoms with E-state index < -0.39 is 6.16 Å². The fraction of sp³-hybridized carbons (Fsp3) is 0.385. The summed E-state index contributed by atoms with van der Waals surface area (Å²) in [5, 5.41) is 23.8. The minimum absolute atomic E-state index is 0. The van der Waals surface area contributed by atoms with Gasteiger partial charge >= 0.3 is 6.16 Å². The molecule has 0 amide bonds. The summed E-state index contributed by atoms with van der Waals surface area (Å²) < 4.78 is 20.2. The van der Waals surface area contributed by atoms with E-state index in [9.17, 15) is 14.4 Å². The zero-order valence-corrected chi connectivity index (χ0v) is 44.4. The van der Waals surface area contributed by atoms with E-state index in [4.69, 9.17) is 39.1 Å². The van der Waals surface area contributed by atoms with Gasteiger partial charge in [0.15, 0.2) is 0 Å². The van der Waals surface area contributed by atoms with Crippen LogP contribution in [-0.2, 0) is 42.2 Å². The van der Waals surface area contributed by atoms with E-state index in [1.54, 1.807) is 73.1 Å². The van der Waals surface area contributed by atoms with Crippen molar-refractivity contribution >= 4 is 25.0 Å². The summed E-state index contributed by atoms with van der Waals surface area (Å²) in [5.74, 6) is 5.01. The van der Waals surface area contributed by atoms with Crippen LogP contribution in [0.2, 0.25) is 0 Å². The van der Waals surface area contributed by atoms with E-state index in [1.807, 2.05) is 67.5 Å². The standard InChI is InChI=1S/C16H16O2.C11H12O4.C7H6O2.C3H8O.C3H4O.C3H4.4C2H6.CH4O.Y/c1-10-15-8-11(17-2)4-6-13(15)14-7-5-12(18-3)9-16(10)14;1-8(2)14-11(13)15-10-5-3-9(7-12)4-6-10;8-5-6-1-3-7(9)4-2-6;1-3(2)4;1-2-3-4;1-3-2;5*1-2;/h4-10H,1-3H3;3-8H,1-2H3;1-5,9H;3-4H,1-2H3;2-3H,1H2;1H,2H3;4*1-2H3;2H,1H3;. The molecule has 64 heavy (non-hydrogen) atoms. The molecule has 0 fully saturated rings. The SMILES string of the molecule is C#CC.C=CC=O.CC.CC.CC.CC.CC(C)O.CC(C)OC(=O)Oc1ccc(C=O)cc1.CO.COc1ccc2c(c1)C(C)c1cc(OC)ccc1-2.O=Cc1ccc(O)cc1.[Y]. The molecule has 0 spiro atoms. The number of hydrogen-bond acceptors (Lipinski definition) is 11. The molecule has 0 heterocycles. The summed E-state index contributed by atoms with van der Waals surface area (Å²) >= 11 is 0. The molecule has 3 N–H and O–H groups in total. The summed E-state index contributed by atoms with van der Waals surface area (Å²) in [6.07, 6.45) is 6.76. The number of benzene rings is 4. The molecule has 0 bridgehead atoms. The van der Waals surface area contributed by atoms with Crippen LogP contribution in [0.25, 0.3) is 11.1 Å². The number of aliphatic hydroxyl groups is 2. The molecule has 1 aliphatic carbocycles. The molecule has 5 rings (SSSR count). The third-order valence-electron chi connectivity index (χ3n) is 6.42. The van der Waals surface area contributed by atoms with E-state index in [1.165, 1.54) is 52.6 Å². The van der Waals surface area contributed by atoms with Crippen molar-refractivity contribution < 1.29 is 86.2 Å². The van der Waals surface area contributed by atoms with E-state index >= 15 is 0 Å². The summed E-state index contributed by atoms with van der Waals surface area (Å²) in [6, 6.07) is 24.8. The first-order valence-electron chi connectivity index (χ1n) is 20.9. The summed E-state index contributed by atoms with van der Waals surface area (Å²) in [7, 11) is 4.41. The van der Waals surface area contributed by atoms with Crippen molar-refractivity contribution in [1.82, 2.24) is 0 Å². The van der Waals surface area contributed by atoms with Gasteiger partial charge in [-0.1, -0.05) is 81.0 Å². The number of fused-ring (bicyclic) bond motifs is 3. The zero-order chi connectivity index (χ0) is 50.3. The number of allylic oxidation sites excluding steroid dienone is 1. The van der Waals surface area contributed by atoms with Crippen LogP contribution in [0.3, 0.4) is 0 Å². The van der Waals surface area contributed by atoms with Crippen LogP contribution in [0.4, 0.5) is 4.79 Å². The first-order valence-corrected chi connectivity index (χ1v) is 20.9. The number of ether oxygens (including phenoxy) is 4. The van der Waals surface area contributed by atoms with Crippen molar-refractivity contribution in [3.8, 4) is 46.5 Å². The molecule has 355 valence electrons. The van der Waals surface area contributed by atoms with Crippen molar-refractivity contribution in [3.63, 3.8) is 0 Å². The second-order valence-corrected chi connectivity index (χ2v) is 11.3. The number of hydrogen-bond donors (Lipinski definition) is 3. The van der Waals surface area contributed by atoms with Crippen LogP contribution < -0.4 is 14.2 Å². The Morgan fingerprint density at radius 1 is 0.688 bits per heavy atom. The number of carbonyl (C=O) groups is 4. The molecule has 0 saturated heterocycles. The van der Waals surface area contributed by atoms with Crippen molar-refractivity contribution in [2.45, 2.75) is 115 Å². The second-order valence-electron chi connectivity index (χ2n) is 11.3. The smallest absolute Gasteiger partial charge is 0.508 e. The normalized spacial score (nSPS) is 8.69. The number of aldehydes is 3. The number of aromatic hydroxyl groups is 1. The van der Waals surface area contributed by atoms with Crippen LogP contribution in [0.5, 0.6) is 23.0 Å². The Balaban J connectivity index is -0.000000127. The van der Waals surface area contributed by atoms with Crippen molar-refractivity contribution in [2.75, 3.05) is 21.3 Å². The first kappa shape index (κ1) is 73.3. The van der Waals surface area contributed by atoms with Gasteiger partial charge in [-0.15, -0.1) is 12.3 Å². The molecule has 0 aliphatic heterocycles. The molecule has 11 nitrogen and oxygen atoms in total. The second kappa shape index (κ2) is 52.2. The minimum atomic E-state index is -0.746. The Bertz CT molecular complexity index is 1690. The number of phenolic OH excluding ortho intramolecular Hbond substituents is 1. The number of methoxy groups -OCH3 is 2. The molecule has 12 heteroatoms. The van der Waals surface area contributed by atoms with Crippen molar-refractivity contribution in [1.29, 1.82) is 0 Å². The number of rotatable bonds is 7. The summed E-state index contributed by atoms with van der Waals surface area (Å²) in [6.45, 7) is 29.9. The Kier molecular flexibility index (Phi) is 59.8. The van der Waals surface area contributed by atoms with Gasteiger partial charge in [-0.25, -0.2) is 4.79 Å². The number of phenols is 1. The van der Waals surface area contributed by atoms with Crippen LogP contribution in [0, 0.1) is 12.3 Å². The van der Waals surface area contributed by atoms with E-state index in [2.05, 4.69) is 50.1 Å². The summed E-state index contributed by atoms with van der Waals surface area (Å²) in [4.78, 5) is 40.5. The number of terminal acetylenes is 1. The van der Waals surface area contributed by atoms with Gasteiger partial charge in [0, 0.05) is 63.0 Å². The fourth-order valence-electron chi connectivity index (χ4n) is 4.19. The number of carbonyl (C=O) groups excluding carboxylic acids is 4. The maximum absolute atomic E-state index is 11.1. The van der Waals surface area contributed by atoms with Crippen LogP contribution >= 0.6 is 0 Å². The average Bonchev–Trinajstić information content (AvgIpc) is 3.60. The Morgan fingerprint density at radius 3 is 1.25 bits per heavy atom. The minimum Gasteiger partial charge on any atom is -0.508 e. The molecule has 1 aliphatic rings. The van der Waals surface area contributed by atoms with Gasteiger partial charge in [0.2, 0.25) is 0 Å². The third-order valence-corrected chi connectivity index (χ3v) is 6.42. The van der Waals surface area contributed by atoms with Gasteiger partial charge in [-0.05, 0) is 136 Å². The quantitative estimate of drug-likeness (QED) is 0.0530. The predicted octanol–water partition coefficient (Wildman–Crippen LogP) is 12.6. The third kappa shape index (κ3) is 36.4. The van der Waals surface area contributed by atoms with Crippen molar-refractivity contribution in [2.24, 2.45) is 0 Å².